The van der Waals surface area contributed by atoms with Gasteiger partial charge in [-0.1, -0.05) is 65.8 Å². The van der Waals surface area contributed by atoms with Crippen LogP contribution in [0.15, 0.2) is 36.4 Å². The van der Waals surface area contributed by atoms with Crippen molar-refractivity contribution in [3.8, 4) is 6.07 Å². The van der Waals surface area contributed by atoms with Crippen LogP contribution in [0, 0.1) is 11.3 Å². The van der Waals surface area contributed by atoms with Gasteiger partial charge in [-0.25, -0.2) is 9.97 Å². The zero-order chi connectivity index (χ0) is 25.2. The molecule has 3 nitrogen and oxygen atoms in total. The van der Waals surface area contributed by atoms with Crippen molar-refractivity contribution in [3.63, 3.8) is 0 Å². The molecule has 0 saturated carbocycles. The first-order valence-electron chi connectivity index (χ1n) is 9.61. The zero-order valence-electron chi connectivity index (χ0n) is 19.3. The van der Waals surface area contributed by atoms with Crippen LogP contribution in [0.1, 0.15) is 59.9 Å². The predicted molar refractivity (Wildman–Crippen MR) is 119 cm³/mol. The summed E-state index contributed by atoms with van der Waals surface area (Å²) < 4.78 is 59.2. The first-order valence-corrected chi connectivity index (χ1v) is 11.6. The second-order valence-electron chi connectivity index (χ2n) is 9.28. The van der Waals surface area contributed by atoms with Crippen LogP contribution in [-0.4, -0.2) is 9.97 Å². The van der Waals surface area contributed by atoms with E-state index in [2.05, 4.69) is 77.9 Å². The molecule has 33 heavy (non-hydrogen) atoms. The number of fused-ring (bicyclic) bond motifs is 3. The Morgan fingerprint density at radius 2 is 0.879 bits per heavy atom. The van der Waals surface area contributed by atoms with E-state index < -0.39 is 7.81 Å². The largest absolute Gasteiger partial charge is 1.00 e. The fraction of sp³-hybridized carbons (Fsp3) is 0.409. The zero-order valence-corrected chi connectivity index (χ0v) is 21.2. The van der Waals surface area contributed by atoms with Crippen LogP contribution in [0.25, 0.3) is 21.8 Å². The minimum atomic E-state index is -10.7. The van der Waals surface area contributed by atoms with Crippen LogP contribution in [0.2, 0.25) is 0 Å². The van der Waals surface area contributed by atoms with Gasteiger partial charge >= 0.3 is 50.1 Å². The normalized spacial score (nSPS) is 13.8. The van der Waals surface area contributed by atoms with Gasteiger partial charge in [-0.2, -0.15) is 5.26 Å². The molecule has 11 heteroatoms. The van der Waals surface area contributed by atoms with Gasteiger partial charge in [-0.05, 0) is 12.1 Å². The molecule has 0 unspecified atom stereocenters. The number of benzene rings is 1. The average Bonchev–Trinajstić information content (AvgIpc) is 2.57. The van der Waals surface area contributed by atoms with Crippen LogP contribution in [-0.2, 0) is 27.9 Å². The summed E-state index contributed by atoms with van der Waals surface area (Å²) in [5.74, 6) is 0. The van der Waals surface area contributed by atoms with Gasteiger partial charge < -0.3 is 0 Å². The van der Waals surface area contributed by atoms with Crippen molar-refractivity contribution < 1.29 is 42.3 Å². The summed E-state index contributed by atoms with van der Waals surface area (Å²) in [6.07, 6.45) is 0. The molecule has 1 aromatic carbocycles. The molecular formula is C22H27CuF6N3P. The van der Waals surface area contributed by atoms with Crippen molar-refractivity contribution in [1.29, 1.82) is 5.26 Å². The second-order valence-corrected chi connectivity index (χ2v) is 11.2. The number of aromatic nitrogens is 2. The number of hydrogen-bond acceptors (Lipinski definition) is 3. The Labute approximate surface area is 200 Å². The molecule has 0 saturated heterocycles. The molecule has 0 radical (unpaired) electrons. The van der Waals surface area contributed by atoms with Gasteiger partial charge in [0.05, 0.1) is 17.1 Å². The molecule has 2 aromatic heterocycles. The molecule has 0 amide bonds. The van der Waals surface area contributed by atoms with E-state index in [1.165, 1.54) is 6.92 Å². The van der Waals surface area contributed by atoms with Crippen molar-refractivity contribution in [3.05, 3.63) is 47.8 Å². The Hall–Kier alpha value is -1.94. The van der Waals surface area contributed by atoms with E-state index in [4.69, 9.17) is 15.2 Å². The van der Waals surface area contributed by atoms with Crippen molar-refractivity contribution in [1.82, 2.24) is 9.97 Å². The fourth-order valence-corrected chi connectivity index (χ4v) is 2.60. The van der Waals surface area contributed by atoms with Crippen LogP contribution >= 0.6 is 7.81 Å². The van der Waals surface area contributed by atoms with Crippen molar-refractivity contribution >= 4 is 29.6 Å². The van der Waals surface area contributed by atoms with E-state index >= 15 is 0 Å². The van der Waals surface area contributed by atoms with Gasteiger partial charge in [-0.3, -0.25) is 0 Å². The molecule has 0 aliphatic rings. The summed E-state index contributed by atoms with van der Waals surface area (Å²) in [5.41, 5.74) is 4.31. The average molecular weight is 542 g/mol. The molecule has 188 valence electrons. The van der Waals surface area contributed by atoms with Crippen LogP contribution in [0.5, 0.6) is 0 Å². The van der Waals surface area contributed by atoms with E-state index in [1.54, 1.807) is 6.07 Å². The Balaban J connectivity index is 0.000000793. The van der Waals surface area contributed by atoms with Crippen molar-refractivity contribution in [2.24, 2.45) is 0 Å². The van der Waals surface area contributed by atoms with Crippen molar-refractivity contribution in [2.75, 3.05) is 0 Å². The van der Waals surface area contributed by atoms with Crippen LogP contribution in [0.4, 0.5) is 25.2 Å². The summed E-state index contributed by atoms with van der Waals surface area (Å²) >= 11 is 0. The first kappa shape index (κ1) is 31.1. The van der Waals surface area contributed by atoms with Gasteiger partial charge in [0.25, 0.3) is 0 Å². The minimum absolute atomic E-state index is 0. The maximum atomic E-state index is 9.87. The van der Waals surface area contributed by atoms with E-state index in [1.807, 2.05) is 0 Å². The quantitative estimate of drug-likeness (QED) is 0.123. The molecule has 0 aliphatic carbocycles. The molecule has 0 atom stereocenters. The van der Waals surface area contributed by atoms with Crippen LogP contribution in [0.3, 0.4) is 0 Å². The smallest absolute Gasteiger partial charge is 1.00 e. The Morgan fingerprint density at radius 1 is 0.667 bits per heavy atom. The fourth-order valence-electron chi connectivity index (χ4n) is 2.60. The molecular weight excluding hydrogens is 515 g/mol. The van der Waals surface area contributed by atoms with E-state index in [9.17, 15) is 25.2 Å². The summed E-state index contributed by atoms with van der Waals surface area (Å²) in [6.45, 7) is 14.6. The van der Waals surface area contributed by atoms with Gasteiger partial charge in [0.15, 0.2) is 0 Å². The van der Waals surface area contributed by atoms with E-state index in [0.29, 0.717) is 0 Å². The Morgan fingerprint density at radius 3 is 1.09 bits per heavy atom. The molecule has 0 aliphatic heterocycles. The first-order chi connectivity index (χ1) is 14.0. The molecule has 3 aromatic rings. The van der Waals surface area contributed by atoms with E-state index in [0.717, 1.165) is 33.2 Å². The van der Waals surface area contributed by atoms with Gasteiger partial charge in [-0.15, -0.1) is 0 Å². The maximum Gasteiger partial charge on any atom is 1.00 e. The third kappa shape index (κ3) is 11.7. The Bertz CT molecular complexity index is 1080. The summed E-state index contributed by atoms with van der Waals surface area (Å²) in [4.78, 5) is 9.87. The van der Waals surface area contributed by atoms with Crippen molar-refractivity contribution in [2.45, 2.75) is 59.3 Å². The summed E-state index contributed by atoms with van der Waals surface area (Å²) in [5, 5.41) is 9.62. The molecule has 0 spiro atoms. The van der Waals surface area contributed by atoms with E-state index in [-0.39, 0.29) is 27.9 Å². The third-order valence-corrected chi connectivity index (χ3v) is 4.06. The number of nitriles is 1. The minimum Gasteiger partial charge on any atom is 1.00 e. The molecule has 3 rings (SSSR count). The summed E-state index contributed by atoms with van der Waals surface area (Å²) in [6, 6.07) is 14.6. The number of pyridine rings is 2. The van der Waals surface area contributed by atoms with Gasteiger partial charge in [0.2, 0.25) is 0 Å². The number of nitrogens with zero attached hydrogens (tertiary/aromatic N) is 3. The van der Waals surface area contributed by atoms with Gasteiger partial charge in [0.1, 0.15) is 0 Å². The molecule has 2 heterocycles. The number of rotatable bonds is 0. The third-order valence-electron chi connectivity index (χ3n) is 4.06. The standard InChI is InChI=1S/C20H24N2.C2H3N.Cu.F6P/c1-19(2,3)15-11-9-13-7-8-14-10-12-16(20(4,5)6)22-18(14)17(13)21-15;1-2-3;;1-7(2,3,4,5)6/h7-12H,1-6H3;1H3;;/q;;+1;-1. The topological polar surface area (TPSA) is 49.6 Å². The van der Waals surface area contributed by atoms with Gasteiger partial charge in [0, 0.05) is 39.9 Å². The monoisotopic (exact) mass is 541 g/mol. The SMILES string of the molecule is CC#N.CC(C)(C)c1ccc2ccc3ccc(C(C)(C)C)nc3c2n1.F[P-](F)(F)(F)(F)F.[Cu+]. The summed E-state index contributed by atoms with van der Waals surface area (Å²) in [7, 11) is -10.7. The molecule has 0 bridgehead atoms. The molecule has 0 fully saturated rings. The Kier molecular flexibility index (Phi) is 8.82. The molecule has 0 N–H and O–H groups in total. The maximum absolute atomic E-state index is 10.7. The van der Waals surface area contributed by atoms with Crippen LogP contribution < -0.4 is 0 Å². The number of halogens is 6. The second kappa shape index (κ2) is 9.37. The number of hydrogen-bond donors (Lipinski definition) is 0. The predicted octanol–water partition coefficient (Wildman–Crippen LogP) is 9.29.